The van der Waals surface area contributed by atoms with Crippen LogP contribution in [-0.2, 0) is 14.3 Å². The smallest absolute Gasteiger partial charge is 0.309 e. The molecule has 1 aliphatic heterocycles. The first-order valence-corrected chi connectivity index (χ1v) is 11.9. The minimum atomic E-state index is -0.552. The first kappa shape index (κ1) is 26.6. The number of anilines is 1. The molecule has 2 heterocycles. The van der Waals surface area contributed by atoms with Gasteiger partial charge in [-0.05, 0) is 51.0 Å². The maximum Gasteiger partial charge on any atom is 0.309 e. The van der Waals surface area contributed by atoms with E-state index in [4.69, 9.17) is 4.74 Å². The Balaban J connectivity index is 1.63. The highest BCUT2D eigenvalue weighted by molar-refractivity contribution is 5.97. The Kier molecular flexibility index (Phi) is 8.93. The zero-order chi connectivity index (χ0) is 26.2. The van der Waals surface area contributed by atoms with Crippen LogP contribution < -0.4 is 5.32 Å². The number of hydrogen-bond acceptors (Lipinski definition) is 8. The number of rotatable bonds is 9. The second-order valence-electron chi connectivity index (χ2n) is 8.68. The highest BCUT2D eigenvalue weighted by Crippen LogP contribution is 2.29. The van der Waals surface area contributed by atoms with Gasteiger partial charge in [0.25, 0.3) is 11.6 Å². The Morgan fingerprint density at radius 3 is 2.58 bits per heavy atom. The third-order valence-electron chi connectivity index (χ3n) is 6.13. The molecule has 1 saturated heterocycles. The van der Waals surface area contributed by atoms with Gasteiger partial charge < -0.3 is 19.9 Å². The van der Waals surface area contributed by atoms with Gasteiger partial charge in [0.15, 0.2) is 0 Å². The van der Waals surface area contributed by atoms with Gasteiger partial charge in [-0.1, -0.05) is 6.07 Å². The molecule has 0 spiro atoms. The number of amides is 2. The quantitative estimate of drug-likeness (QED) is 0.317. The second kappa shape index (κ2) is 12.1. The minimum Gasteiger partial charge on any atom is -0.466 e. The highest BCUT2D eigenvalue weighted by Gasteiger charge is 2.29. The Morgan fingerprint density at radius 2 is 1.97 bits per heavy atom. The number of aromatic nitrogens is 1. The van der Waals surface area contributed by atoms with E-state index >= 15 is 0 Å². The van der Waals surface area contributed by atoms with E-state index in [0.717, 1.165) is 5.69 Å². The van der Waals surface area contributed by atoms with Crippen LogP contribution in [0.1, 0.15) is 48.8 Å². The van der Waals surface area contributed by atoms with E-state index in [1.54, 1.807) is 24.1 Å². The van der Waals surface area contributed by atoms with Crippen molar-refractivity contribution in [1.82, 2.24) is 14.8 Å². The number of carbonyl (C=O) groups is 3. The molecule has 1 fully saturated rings. The van der Waals surface area contributed by atoms with Crippen LogP contribution in [0.4, 0.5) is 11.4 Å². The number of nitro benzene ring substituents is 1. The third kappa shape index (κ3) is 6.55. The van der Waals surface area contributed by atoms with Crippen LogP contribution in [0.15, 0.2) is 42.6 Å². The number of carbonyl (C=O) groups excluding carboxylic acids is 3. The van der Waals surface area contributed by atoms with Gasteiger partial charge >= 0.3 is 5.97 Å². The average Bonchev–Trinajstić information content (AvgIpc) is 2.89. The van der Waals surface area contributed by atoms with Gasteiger partial charge in [-0.15, -0.1) is 0 Å². The molecular weight excluding hydrogens is 466 g/mol. The lowest BCUT2D eigenvalue weighted by molar-refractivity contribution is -0.384. The number of nitro groups is 1. The van der Waals surface area contributed by atoms with Crippen molar-refractivity contribution in [3.63, 3.8) is 0 Å². The molecule has 0 bridgehead atoms. The topological polar surface area (TPSA) is 135 Å². The van der Waals surface area contributed by atoms with E-state index in [1.807, 2.05) is 19.1 Å². The minimum absolute atomic E-state index is 0.106. The van der Waals surface area contributed by atoms with Crippen molar-refractivity contribution < 1.29 is 24.0 Å². The van der Waals surface area contributed by atoms with Crippen LogP contribution in [0.2, 0.25) is 0 Å². The first-order valence-electron chi connectivity index (χ1n) is 11.9. The van der Waals surface area contributed by atoms with E-state index in [-0.39, 0.29) is 47.3 Å². The predicted octanol–water partition coefficient (Wildman–Crippen LogP) is 3.04. The molecule has 1 aromatic carbocycles. The van der Waals surface area contributed by atoms with Crippen LogP contribution in [0.5, 0.6) is 0 Å². The lowest BCUT2D eigenvalue weighted by atomic mass is 9.97. The standard InChI is InChI=1S/C25H31N5O6/c1-4-36-25(33)18-10-13-29(14-11-18)23(31)16-28(3)24(32)19-8-9-21(22(15-19)30(34)35)27-17(2)20-7-5-6-12-26-20/h5-9,12,15,17-18,27H,4,10-11,13-14,16H2,1-3H3. The molecule has 1 aliphatic rings. The number of nitrogens with zero attached hydrogens (tertiary/aromatic N) is 4. The molecule has 11 heteroatoms. The van der Waals surface area contributed by atoms with Gasteiger partial charge in [0.1, 0.15) is 5.69 Å². The summed E-state index contributed by atoms with van der Waals surface area (Å²) in [4.78, 5) is 55.8. The van der Waals surface area contributed by atoms with Gasteiger partial charge in [0.05, 0.1) is 35.7 Å². The van der Waals surface area contributed by atoms with Crippen molar-refractivity contribution in [3.05, 3.63) is 64.0 Å². The number of pyridine rings is 1. The lowest BCUT2D eigenvalue weighted by Crippen LogP contribution is -2.45. The Hall–Kier alpha value is -4.02. The van der Waals surface area contributed by atoms with E-state index in [1.165, 1.54) is 30.1 Å². The number of ether oxygens (including phenoxy) is 1. The summed E-state index contributed by atoms with van der Waals surface area (Å²) in [6.45, 7) is 4.55. The fraction of sp³-hybridized carbons (Fsp3) is 0.440. The monoisotopic (exact) mass is 497 g/mol. The number of nitrogens with one attached hydrogen (secondary N) is 1. The summed E-state index contributed by atoms with van der Waals surface area (Å²) >= 11 is 0. The third-order valence-corrected chi connectivity index (χ3v) is 6.13. The maximum absolute atomic E-state index is 12.9. The molecule has 1 unspecified atom stereocenters. The summed E-state index contributed by atoms with van der Waals surface area (Å²) in [5.74, 6) is -1.21. The summed E-state index contributed by atoms with van der Waals surface area (Å²) in [5, 5.41) is 14.8. The lowest BCUT2D eigenvalue weighted by Gasteiger charge is -2.32. The second-order valence-corrected chi connectivity index (χ2v) is 8.68. The molecule has 1 aromatic heterocycles. The van der Waals surface area contributed by atoms with Crippen LogP contribution in [0.25, 0.3) is 0 Å². The van der Waals surface area contributed by atoms with E-state index in [0.29, 0.717) is 32.5 Å². The zero-order valence-electron chi connectivity index (χ0n) is 20.7. The van der Waals surface area contributed by atoms with Crippen molar-refractivity contribution >= 4 is 29.2 Å². The number of esters is 1. The van der Waals surface area contributed by atoms with Gasteiger partial charge in [-0.2, -0.15) is 0 Å². The molecule has 2 aromatic rings. The summed E-state index contributed by atoms with van der Waals surface area (Å²) < 4.78 is 5.05. The van der Waals surface area contributed by atoms with E-state index < -0.39 is 10.8 Å². The van der Waals surface area contributed by atoms with E-state index in [9.17, 15) is 24.5 Å². The maximum atomic E-state index is 12.9. The van der Waals surface area contributed by atoms with Crippen LogP contribution in [-0.4, -0.2) is 70.8 Å². The number of benzene rings is 1. The largest absolute Gasteiger partial charge is 0.466 e. The first-order chi connectivity index (χ1) is 17.2. The Labute approximate surface area is 209 Å². The van der Waals surface area contributed by atoms with Crippen molar-refractivity contribution in [1.29, 1.82) is 0 Å². The number of hydrogen-bond donors (Lipinski definition) is 1. The average molecular weight is 498 g/mol. The summed E-state index contributed by atoms with van der Waals surface area (Å²) in [6, 6.07) is 9.32. The summed E-state index contributed by atoms with van der Waals surface area (Å²) in [6.07, 6.45) is 2.67. The summed E-state index contributed by atoms with van der Waals surface area (Å²) in [5.41, 5.74) is 0.841. The fourth-order valence-corrected chi connectivity index (χ4v) is 4.10. The van der Waals surface area contributed by atoms with Gasteiger partial charge in [0.2, 0.25) is 5.91 Å². The zero-order valence-corrected chi connectivity index (χ0v) is 20.7. The van der Waals surface area contributed by atoms with Gasteiger partial charge in [-0.25, -0.2) is 0 Å². The van der Waals surface area contributed by atoms with Gasteiger partial charge in [0, 0.05) is 38.0 Å². The Bertz CT molecular complexity index is 1100. The van der Waals surface area contributed by atoms with Crippen molar-refractivity contribution in [2.45, 2.75) is 32.7 Å². The molecule has 11 nitrogen and oxygen atoms in total. The van der Waals surface area contributed by atoms with Crippen molar-refractivity contribution in [2.75, 3.05) is 38.6 Å². The van der Waals surface area contributed by atoms with Crippen molar-refractivity contribution in [3.8, 4) is 0 Å². The number of likely N-dealkylation sites (N-methyl/N-ethyl adjacent to an activating group) is 1. The SMILES string of the molecule is CCOC(=O)C1CCN(C(=O)CN(C)C(=O)c2ccc(NC(C)c3ccccn3)c([N+](=O)[O-])c2)CC1. The highest BCUT2D eigenvalue weighted by atomic mass is 16.6. The Morgan fingerprint density at radius 1 is 1.25 bits per heavy atom. The molecule has 0 radical (unpaired) electrons. The molecule has 1 N–H and O–H groups in total. The molecule has 3 rings (SSSR count). The molecular formula is C25H31N5O6. The number of likely N-dealkylation sites (tertiary alicyclic amines) is 1. The fourth-order valence-electron chi connectivity index (χ4n) is 4.10. The molecule has 0 aliphatic carbocycles. The van der Waals surface area contributed by atoms with Crippen LogP contribution >= 0.6 is 0 Å². The molecule has 0 saturated carbocycles. The molecule has 1 atom stereocenters. The van der Waals surface area contributed by atoms with Crippen LogP contribution in [0, 0.1) is 16.0 Å². The van der Waals surface area contributed by atoms with Gasteiger partial charge in [-0.3, -0.25) is 29.5 Å². The summed E-state index contributed by atoms with van der Waals surface area (Å²) in [7, 11) is 1.48. The predicted molar refractivity (Wildman–Crippen MR) is 132 cm³/mol. The normalized spacial score (nSPS) is 14.6. The molecule has 36 heavy (non-hydrogen) atoms. The van der Waals surface area contributed by atoms with E-state index in [2.05, 4.69) is 10.3 Å². The molecule has 192 valence electrons. The molecule has 2 amide bonds. The number of piperidine rings is 1. The van der Waals surface area contributed by atoms with Crippen molar-refractivity contribution in [2.24, 2.45) is 5.92 Å². The van der Waals surface area contributed by atoms with Crippen LogP contribution in [0.3, 0.4) is 0 Å².